The van der Waals surface area contributed by atoms with Crippen LogP contribution in [0, 0.1) is 12.8 Å². The fraction of sp³-hybridized carbons (Fsp3) is 0.647. The van der Waals surface area contributed by atoms with Crippen molar-refractivity contribution in [2.75, 3.05) is 13.6 Å². The highest BCUT2D eigenvalue weighted by atomic mass is 15.1. The van der Waals surface area contributed by atoms with E-state index < -0.39 is 0 Å². The van der Waals surface area contributed by atoms with Crippen molar-refractivity contribution >= 4 is 0 Å². The van der Waals surface area contributed by atoms with Crippen molar-refractivity contribution in [1.82, 2.24) is 4.90 Å². The minimum Gasteiger partial charge on any atom is -0.326 e. The summed E-state index contributed by atoms with van der Waals surface area (Å²) in [6.07, 6.45) is 5.60. The quantitative estimate of drug-likeness (QED) is 0.878. The van der Waals surface area contributed by atoms with Crippen LogP contribution in [0.4, 0.5) is 0 Å². The Morgan fingerprint density at radius 1 is 1.21 bits per heavy atom. The number of nitrogens with zero attached hydrogens (tertiary/aromatic N) is 1. The molecular weight excluding hydrogens is 232 g/mol. The average molecular weight is 260 g/mol. The number of hydrogen-bond acceptors (Lipinski definition) is 2. The Kier molecular flexibility index (Phi) is 5.00. The third kappa shape index (κ3) is 3.80. The second-order valence-corrected chi connectivity index (χ2v) is 6.30. The summed E-state index contributed by atoms with van der Waals surface area (Å²) in [7, 11) is 2.23. The molecule has 1 aromatic rings. The van der Waals surface area contributed by atoms with E-state index in [-0.39, 0.29) is 6.04 Å². The van der Waals surface area contributed by atoms with Crippen LogP contribution in [-0.4, -0.2) is 24.5 Å². The van der Waals surface area contributed by atoms with Crippen molar-refractivity contribution in [3.8, 4) is 0 Å². The molecule has 2 heteroatoms. The molecule has 0 saturated heterocycles. The normalized spacial score (nSPS) is 19.8. The molecule has 1 aliphatic carbocycles. The number of likely N-dealkylation sites (N-methyl/N-ethyl adjacent to an activating group) is 1. The molecule has 106 valence electrons. The van der Waals surface area contributed by atoms with E-state index in [0.29, 0.717) is 6.04 Å². The van der Waals surface area contributed by atoms with Crippen LogP contribution in [0.2, 0.25) is 0 Å². The van der Waals surface area contributed by atoms with Crippen molar-refractivity contribution in [2.24, 2.45) is 11.7 Å². The van der Waals surface area contributed by atoms with Crippen LogP contribution in [-0.2, 0) is 0 Å². The summed E-state index contributed by atoms with van der Waals surface area (Å²) in [6.45, 7) is 5.43. The minimum absolute atomic E-state index is 0.161. The van der Waals surface area contributed by atoms with Crippen LogP contribution >= 0.6 is 0 Å². The summed E-state index contributed by atoms with van der Waals surface area (Å²) >= 11 is 0. The summed E-state index contributed by atoms with van der Waals surface area (Å²) in [5.74, 6) is 0.872. The van der Waals surface area contributed by atoms with Gasteiger partial charge in [-0.2, -0.15) is 0 Å². The lowest BCUT2D eigenvalue weighted by atomic mass is 9.97. The first kappa shape index (κ1) is 14.5. The number of hydrogen-bond donors (Lipinski definition) is 1. The van der Waals surface area contributed by atoms with Crippen molar-refractivity contribution in [1.29, 1.82) is 0 Å². The molecule has 0 bridgehead atoms. The molecule has 1 fully saturated rings. The van der Waals surface area contributed by atoms with Crippen LogP contribution < -0.4 is 5.73 Å². The third-order valence-corrected chi connectivity index (χ3v) is 4.41. The van der Waals surface area contributed by atoms with E-state index in [2.05, 4.69) is 50.1 Å². The van der Waals surface area contributed by atoms with Gasteiger partial charge in [-0.25, -0.2) is 0 Å². The van der Waals surface area contributed by atoms with Gasteiger partial charge in [-0.15, -0.1) is 0 Å². The zero-order valence-corrected chi connectivity index (χ0v) is 12.6. The topological polar surface area (TPSA) is 29.3 Å². The summed E-state index contributed by atoms with van der Waals surface area (Å²) in [6, 6.07) is 9.33. The smallest absolute Gasteiger partial charge is 0.0493 e. The fourth-order valence-electron chi connectivity index (χ4n) is 3.44. The second kappa shape index (κ2) is 6.53. The molecule has 0 aromatic heterocycles. The molecule has 0 amide bonds. The second-order valence-electron chi connectivity index (χ2n) is 6.30. The maximum Gasteiger partial charge on any atom is 0.0493 e. The van der Waals surface area contributed by atoms with Gasteiger partial charge >= 0.3 is 0 Å². The van der Waals surface area contributed by atoms with Gasteiger partial charge in [0.1, 0.15) is 0 Å². The molecular formula is C17H28N2. The van der Waals surface area contributed by atoms with Gasteiger partial charge in [0.2, 0.25) is 0 Å². The first-order valence-corrected chi connectivity index (χ1v) is 7.60. The fourth-order valence-corrected chi connectivity index (χ4v) is 3.44. The monoisotopic (exact) mass is 260 g/mol. The SMILES string of the molecule is Cc1ccc(C(C(C)N)N(C)CC2CCCC2)cc1. The lowest BCUT2D eigenvalue weighted by Crippen LogP contribution is -2.39. The molecule has 2 N–H and O–H groups in total. The van der Waals surface area contributed by atoms with Gasteiger partial charge in [0.05, 0.1) is 0 Å². The van der Waals surface area contributed by atoms with Crippen LogP contribution in [0.1, 0.15) is 49.8 Å². The molecule has 0 spiro atoms. The number of benzene rings is 1. The summed E-state index contributed by atoms with van der Waals surface area (Å²) in [4.78, 5) is 2.46. The number of nitrogens with two attached hydrogens (primary N) is 1. The van der Waals surface area contributed by atoms with E-state index in [1.165, 1.54) is 43.4 Å². The van der Waals surface area contributed by atoms with Crippen LogP contribution in [0.15, 0.2) is 24.3 Å². The molecule has 2 rings (SSSR count). The van der Waals surface area contributed by atoms with Gasteiger partial charge in [0.25, 0.3) is 0 Å². The summed E-state index contributed by atoms with van der Waals surface area (Å²) in [5.41, 5.74) is 8.90. The average Bonchev–Trinajstić information content (AvgIpc) is 2.84. The largest absolute Gasteiger partial charge is 0.326 e. The molecule has 2 unspecified atom stereocenters. The Morgan fingerprint density at radius 3 is 2.32 bits per heavy atom. The lowest BCUT2D eigenvalue weighted by molar-refractivity contribution is 0.188. The Labute approximate surface area is 118 Å². The molecule has 19 heavy (non-hydrogen) atoms. The molecule has 1 saturated carbocycles. The van der Waals surface area contributed by atoms with Gasteiger partial charge in [0, 0.05) is 18.6 Å². The Balaban J connectivity index is 2.07. The standard InChI is InChI=1S/C17H28N2/c1-13-8-10-16(11-9-13)17(14(2)18)19(3)12-15-6-4-5-7-15/h8-11,14-15,17H,4-7,12,18H2,1-3H3. The first-order chi connectivity index (χ1) is 9.08. The van der Waals surface area contributed by atoms with E-state index >= 15 is 0 Å². The Bertz CT molecular complexity index is 377. The molecule has 1 aromatic carbocycles. The molecule has 0 heterocycles. The van der Waals surface area contributed by atoms with E-state index in [0.717, 1.165) is 5.92 Å². The zero-order chi connectivity index (χ0) is 13.8. The predicted molar refractivity (Wildman–Crippen MR) is 82.2 cm³/mol. The molecule has 0 aliphatic heterocycles. The van der Waals surface area contributed by atoms with E-state index in [4.69, 9.17) is 5.73 Å². The summed E-state index contributed by atoms with van der Waals surface area (Å²) < 4.78 is 0. The molecule has 0 radical (unpaired) electrons. The number of rotatable bonds is 5. The molecule has 1 aliphatic rings. The van der Waals surface area contributed by atoms with Gasteiger partial charge in [-0.1, -0.05) is 42.7 Å². The van der Waals surface area contributed by atoms with Gasteiger partial charge in [-0.05, 0) is 45.2 Å². The Morgan fingerprint density at radius 2 is 1.79 bits per heavy atom. The van der Waals surface area contributed by atoms with E-state index in [1.807, 2.05) is 0 Å². The van der Waals surface area contributed by atoms with Crippen LogP contribution in [0.5, 0.6) is 0 Å². The van der Waals surface area contributed by atoms with Crippen molar-refractivity contribution in [3.05, 3.63) is 35.4 Å². The van der Waals surface area contributed by atoms with Crippen LogP contribution in [0.3, 0.4) is 0 Å². The highest BCUT2D eigenvalue weighted by molar-refractivity contribution is 5.25. The van der Waals surface area contributed by atoms with E-state index in [9.17, 15) is 0 Å². The highest BCUT2D eigenvalue weighted by Gasteiger charge is 2.24. The minimum atomic E-state index is 0.161. The maximum atomic E-state index is 6.24. The van der Waals surface area contributed by atoms with Crippen molar-refractivity contribution in [2.45, 2.75) is 51.6 Å². The zero-order valence-electron chi connectivity index (χ0n) is 12.6. The van der Waals surface area contributed by atoms with Gasteiger partial charge in [-0.3, -0.25) is 4.90 Å². The van der Waals surface area contributed by atoms with E-state index in [1.54, 1.807) is 0 Å². The van der Waals surface area contributed by atoms with Crippen LogP contribution in [0.25, 0.3) is 0 Å². The van der Waals surface area contributed by atoms with Crippen molar-refractivity contribution in [3.63, 3.8) is 0 Å². The first-order valence-electron chi connectivity index (χ1n) is 7.60. The number of aryl methyl sites for hydroxylation is 1. The lowest BCUT2D eigenvalue weighted by Gasteiger charge is -2.33. The highest BCUT2D eigenvalue weighted by Crippen LogP contribution is 2.29. The van der Waals surface area contributed by atoms with Gasteiger partial charge < -0.3 is 5.73 Å². The summed E-state index contributed by atoms with van der Waals surface area (Å²) in [5, 5.41) is 0. The molecule has 2 nitrogen and oxygen atoms in total. The maximum absolute atomic E-state index is 6.24. The predicted octanol–water partition coefficient (Wildman–Crippen LogP) is 3.51. The van der Waals surface area contributed by atoms with Gasteiger partial charge in [0.15, 0.2) is 0 Å². The molecule has 2 atom stereocenters. The third-order valence-electron chi connectivity index (χ3n) is 4.41. The van der Waals surface area contributed by atoms with Crippen molar-refractivity contribution < 1.29 is 0 Å². The Hall–Kier alpha value is -0.860.